The highest BCUT2D eigenvalue weighted by Crippen LogP contribution is 2.27. The average Bonchev–Trinajstić information content (AvgIpc) is 2.06. The first kappa shape index (κ1) is 9.34. The van der Waals surface area contributed by atoms with E-state index in [1.54, 1.807) is 0 Å². The highest BCUT2D eigenvalue weighted by molar-refractivity contribution is 5.67. The van der Waals surface area contributed by atoms with Crippen LogP contribution in [0.5, 0.6) is 0 Å². The molecule has 0 unspecified atom stereocenters. The first-order valence-corrected chi connectivity index (χ1v) is 4.96. The van der Waals surface area contributed by atoms with Crippen LogP contribution in [0.15, 0.2) is 18.2 Å². The van der Waals surface area contributed by atoms with Crippen LogP contribution >= 0.6 is 0 Å². The number of nitrogens with two attached hydrogens (primary N) is 1. The summed E-state index contributed by atoms with van der Waals surface area (Å²) in [4.78, 5) is 0. The number of aryl methyl sites for hydroxylation is 1. The van der Waals surface area contributed by atoms with Crippen molar-refractivity contribution in [1.82, 2.24) is 0 Å². The normalized spacial score (nSPS) is 25.6. The number of hydrogen-bond donors (Lipinski definition) is 3. The van der Waals surface area contributed by atoms with Gasteiger partial charge in [-0.3, -0.25) is 0 Å². The zero-order chi connectivity index (χ0) is 10.1. The summed E-state index contributed by atoms with van der Waals surface area (Å²) in [7, 11) is 0. The quantitative estimate of drug-likeness (QED) is 0.622. The Kier molecular flexibility index (Phi) is 2.33. The molecule has 4 N–H and O–H groups in total. The van der Waals surface area contributed by atoms with Crippen molar-refractivity contribution in [3.05, 3.63) is 23.8 Å². The molecule has 1 aliphatic carbocycles. The molecule has 0 aromatic heterocycles. The third-order valence-corrected chi connectivity index (χ3v) is 2.68. The molecule has 1 aliphatic rings. The summed E-state index contributed by atoms with van der Waals surface area (Å²) in [6.45, 7) is 2.02. The lowest BCUT2D eigenvalue weighted by molar-refractivity contribution is 0.0837. The third-order valence-electron chi connectivity index (χ3n) is 2.68. The Balaban J connectivity index is 2.02. The number of nitrogens with one attached hydrogen (secondary N) is 1. The molecule has 0 saturated heterocycles. The molecule has 1 aromatic rings. The Morgan fingerprint density at radius 1 is 1.43 bits per heavy atom. The summed E-state index contributed by atoms with van der Waals surface area (Å²) in [5, 5.41) is 12.5. The lowest BCUT2D eigenvalue weighted by atomic mass is 9.89. The van der Waals surface area contributed by atoms with E-state index >= 15 is 0 Å². The Labute approximate surface area is 83.9 Å². The Morgan fingerprint density at radius 2 is 2.14 bits per heavy atom. The van der Waals surface area contributed by atoms with Crippen LogP contribution < -0.4 is 11.1 Å². The summed E-state index contributed by atoms with van der Waals surface area (Å²) < 4.78 is 0. The minimum atomic E-state index is -0.126. The predicted molar refractivity (Wildman–Crippen MR) is 58.2 cm³/mol. The molecule has 2 rings (SSSR count). The first-order valence-electron chi connectivity index (χ1n) is 4.96. The second kappa shape index (κ2) is 3.50. The number of anilines is 2. The van der Waals surface area contributed by atoms with Gasteiger partial charge in [-0.15, -0.1) is 0 Å². The van der Waals surface area contributed by atoms with Gasteiger partial charge in [-0.1, -0.05) is 6.07 Å². The van der Waals surface area contributed by atoms with Crippen LogP contribution in [0.2, 0.25) is 0 Å². The van der Waals surface area contributed by atoms with Crippen LogP contribution in [0.1, 0.15) is 18.4 Å². The van der Waals surface area contributed by atoms with Crippen molar-refractivity contribution in [1.29, 1.82) is 0 Å². The maximum Gasteiger partial charge on any atom is 0.0579 e. The Morgan fingerprint density at radius 3 is 2.71 bits per heavy atom. The maximum atomic E-state index is 9.14. The second-order valence-electron chi connectivity index (χ2n) is 4.06. The number of aliphatic hydroxyl groups excluding tert-OH is 1. The molecule has 1 aromatic carbocycles. The van der Waals surface area contributed by atoms with E-state index in [-0.39, 0.29) is 6.10 Å². The number of hydrogen-bond acceptors (Lipinski definition) is 3. The zero-order valence-corrected chi connectivity index (χ0v) is 8.33. The van der Waals surface area contributed by atoms with Crippen LogP contribution in [0, 0.1) is 6.92 Å². The van der Waals surface area contributed by atoms with E-state index in [4.69, 9.17) is 10.8 Å². The van der Waals surface area contributed by atoms with Gasteiger partial charge >= 0.3 is 0 Å². The summed E-state index contributed by atoms with van der Waals surface area (Å²) in [5.74, 6) is 0. The minimum Gasteiger partial charge on any atom is -0.397 e. The number of benzene rings is 1. The van der Waals surface area contributed by atoms with Gasteiger partial charge in [-0.25, -0.2) is 0 Å². The average molecular weight is 192 g/mol. The van der Waals surface area contributed by atoms with Crippen molar-refractivity contribution < 1.29 is 5.11 Å². The van der Waals surface area contributed by atoms with Crippen LogP contribution in [0.3, 0.4) is 0 Å². The molecular formula is C11H16N2O. The van der Waals surface area contributed by atoms with E-state index in [1.807, 2.05) is 25.1 Å². The summed E-state index contributed by atoms with van der Waals surface area (Å²) in [5.41, 5.74) is 8.79. The molecule has 14 heavy (non-hydrogen) atoms. The minimum absolute atomic E-state index is 0.126. The Hall–Kier alpha value is -1.22. The van der Waals surface area contributed by atoms with E-state index in [0.29, 0.717) is 6.04 Å². The van der Waals surface area contributed by atoms with Crippen molar-refractivity contribution in [3.63, 3.8) is 0 Å². The fourth-order valence-corrected chi connectivity index (χ4v) is 1.74. The van der Waals surface area contributed by atoms with Gasteiger partial charge in [0, 0.05) is 6.04 Å². The molecule has 3 heteroatoms. The Bertz CT molecular complexity index is 332. The zero-order valence-electron chi connectivity index (χ0n) is 8.33. The third kappa shape index (κ3) is 1.82. The first-order chi connectivity index (χ1) is 6.65. The van der Waals surface area contributed by atoms with Crippen LogP contribution in [0.4, 0.5) is 11.4 Å². The highest BCUT2D eigenvalue weighted by atomic mass is 16.3. The number of rotatable bonds is 2. The molecule has 0 atom stereocenters. The van der Waals surface area contributed by atoms with E-state index in [9.17, 15) is 0 Å². The smallest absolute Gasteiger partial charge is 0.0579 e. The van der Waals surface area contributed by atoms with Gasteiger partial charge in [0.1, 0.15) is 0 Å². The highest BCUT2D eigenvalue weighted by Gasteiger charge is 2.27. The molecule has 1 fully saturated rings. The summed E-state index contributed by atoms with van der Waals surface area (Å²) in [6.07, 6.45) is 1.53. The van der Waals surface area contributed by atoms with Crippen LogP contribution in [-0.4, -0.2) is 17.3 Å². The molecule has 1 saturated carbocycles. The second-order valence-corrected chi connectivity index (χ2v) is 4.06. The monoisotopic (exact) mass is 192 g/mol. The van der Waals surface area contributed by atoms with Crippen molar-refractivity contribution in [3.8, 4) is 0 Å². The molecule has 0 bridgehead atoms. The SMILES string of the molecule is Cc1ccc(NC2CC(O)C2)c(N)c1. The van der Waals surface area contributed by atoms with E-state index in [1.165, 1.54) is 5.56 Å². The lowest BCUT2D eigenvalue weighted by Crippen LogP contribution is -2.39. The van der Waals surface area contributed by atoms with Gasteiger partial charge in [0.15, 0.2) is 0 Å². The van der Waals surface area contributed by atoms with E-state index < -0.39 is 0 Å². The van der Waals surface area contributed by atoms with Gasteiger partial charge < -0.3 is 16.2 Å². The molecule has 0 spiro atoms. The van der Waals surface area contributed by atoms with E-state index in [0.717, 1.165) is 24.2 Å². The van der Waals surface area contributed by atoms with Gasteiger partial charge in [0.05, 0.1) is 17.5 Å². The van der Waals surface area contributed by atoms with Gasteiger partial charge in [-0.05, 0) is 37.5 Å². The largest absolute Gasteiger partial charge is 0.397 e. The standard InChI is InChI=1S/C11H16N2O/c1-7-2-3-11(10(12)4-7)13-8-5-9(14)6-8/h2-4,8-9,13-14H,5-6,12H2,1H3. The number of aliphatic hydroxyl groups is 1. The molecular weight excluding hydrogens is 176 g/mol. The topological polar surface area (TPSA) is 58.3 Å². The fraction of sp³-hybridized carbons (Fsp3) is 0.455. The maximum absolute atomic E-state index is 9.14. The molecule has 76 valence electrons. The molecule has 3 nitrogen and oxygen atoms in total. The molecule has 0 aliphatic heterocycles. The lowest BCUT2D eigenvalue weighted by Gasteiger charge is -2.33. The van der Waals surface area contributed by atoms with Crippen molar-refractivity contribution in [2.75, 3.05) is 11.1 Å². The summed E-state index contributed by atoms with van der Waals surface area (Å²) >= 11 is 0. The van der Waals surface area contributed by atoms with Crippen molar-refractivity contribution in [2.45, 2.75) is 31.9 Å². The summed E-state index contributed by atoms with van der Waals surface area (Å²) in [6, 6.07) is 6.37. The van der Waals surface area contributed by atoms with Gasteiger partial charge in [0.2, 0.25) is 0 Å². The molecule has 0 radical (unpaired) electrons. The molecule has 0 heterocycles. The van der Waals surface area contributed by atoms with Gasteiger partial charge in [-0.2, -0.15) is 0 Å². The van der Waals surface area contributed by atoms with Crippen LogP contribution in [-0.2, 0) is 0 Å². The van der Waals surface area contributed by atoms with Crippen LogP contribution in [0.25, 0.3) is 0 Å². The van der Waals surface area contributed by atoms with Gasteiger partial charge in [0.25, 0.3) is 0 Å². The van der Waals surface area contributed by atoms with E-state index in [2.05, 4.69) is 5.32 Å². The number of nitrogen functional groups attached to an aromatic ring is 1. The predicted octanol–water partition coefficient (Wildman–Crippen LogP) is 1.51. The van der Waals surface area contributed by atoms with Crippen molar-refractivity contribution in [2.24, 2.45) is 0 Å². The van der Waals surface area contributed by atoms with Crippen molar-refractivity contribution >= 4 is 11.4 Å². The fourth-order valence-electron chi connectivity index (χ4n) is 1.74. The molecule has 0 amide bonds.